The van der Waals surface area contributed by atoms with Crippen molar-refractivity contribution in [2.24, 2.45) is 0 Å². The van der Waals surface area contributed by atoms with Crippen molar-refractivity contribution < 1.29 is 13.2 Å². The Balaban J connectivity index is 0.000000226. The topological polar surface area (TPSA) is 0 Å². The summed E-state index contributed by atoms with van der Waals surface area (Å²) in [5, 5.41) is 0. The highest BCUT2D eigenvalue weighted by molar-refractivity contribution is 5.36. The molecule has 0 unspecified atom stereocenters. The average Bonchev–Trinajstić information content (AvgIpc) is 3.01. The molecule has 0 nitrogen and oxygen atoms in total. The van der Waals surface area contributed by atoms with Gasteiger partial charge in [-0.3, -0.25) is 0 Å². The molecule has 0 saturated heterocycles. The Labute approximate surface area is 180 Å². The van der Waals surface area contributed by atoms with Crippen LogP contribution in [0.15, 0.2) is 106 Å². The molecule has 0 spiro atoms. The maximum absolute atomic E-state index is 12.9. The Morgan fingerprint density at radius 2 is 1.03 bits per heavy atom. The maximum Gasteiger partial charge on any atom is 0.128 e. The molecule has 30 heavy (non-hydrogen) atoms. The largest absolute Gasteiger partial charge is 0.211 e. The van der Waals surface area contributed by atoms with Crippen LogP contribution in [0.1, 0.15) is 60.8 Å². The SMILES string of the molecule is CC1=CCC(F)=C(C)C(F)=C1.CC1=CCC=C(C)C(F)=C1.CC1=CCC=C(C)C=C1. The van der Waals surface area contributed by atoms with Gasteiger partial charge in [-0.2, -0.15) is 0 Å². The lowest BCUT2D eigenvalue weighted by atomic mass is 10.2. The third kappa shape index (κ3) is 9.78. The van der Waals surface area contributed by atoms with E-state index in [1.165, 1.54) is 24.1 Å². The molecule has 0 aromatic carbocycles. The molecule has 0 aliphatic heterocycles. The van der Waals surface area contributed by atoms with Gasteiger partial charge in [0, 0.05) is 12.0 Å². The molecule has 0 fully saturated rings. The minimum atomic E-state index is -0.464. The first kappa shape index (κ1) is 25.5. The Morgan fingerprint density at radius 1 is 0.567 bits per heavy atom. The lowest BCUT2D eigenvalue weighted by Crippen LogP contribution is -1.80. The number of hydrogen-bond acceptors (Lipinski definition) is 0. The summed E-state index contributed by atoms with van der Waals surface area (Å²) in [7, 11) is 0. The fourth-order valence-corrected chi connectivity index (χ4v) is 2.62. The Hall–Kier alpha value is -2.55. The first-order chi connectivity index (χ1) is 14.1. The standard InChI is InChI=1S/C9H10F2.C9H11F.C9H12/c1-6-3-4-8(10)7(2)9(11)5-6;1-7-4-3-5-8(2)9(10)6-7;1-8-4-3-5-9(2)7-6-8/h3,5H,4H2,1-2H3;4-6H,3H2,1-2H3;4-7H,3H2,1-2H3. The van der Waals surface area contributed by atoms with Gasteiger partial charge in [0.25, 0.3) is 0 Å². The van der Waals surface area contributed by atoms with Gasteiger partial charge in [-0.25, -0.2) is 13.2 Å². The predicted molar refractivity (Wildman–Crippen MR) is 124 cm³/mol. The molecule has 3 heteroatoms. The minimum Gasteiger partial charge on any atom is -0.211 e. The van der Waals surface area contributed by atoms with Crippen molar-refractivity contribution in [3.63, 3.8) is 0 Å². The first-order valence-electron chi connectivity index (χ1n) is 10.2. The van der Waals surface area contributed by atoms with E-state index in [0.29, 0.717) is 0 Å². The van der Waals surface area contributed by atoms with Gasteiger partial charge in [0.05, 0.1) is 0 Å². The van der Waals surface area contributed by atoms with Gasteiger partial charge in [-0.15, -0.1) is 0 Å². The molecule has 0 aromatic rings. The van der Waals surface area contributed by atoms with Gasteiger partial charge in [0.15, 0.2) is 0 Å². The van der Waals surface area contributed by atoms with Crippen molar-refractivity contribution in [2.75, 3.05) is 0 Å². The van der Waals surface area contributed by atoms with E-state index < -0.39 is 5.83 Å². The van der Waals surface area contributed by atoms with Gasteiger partial charge in [-0.1, -0.05) is 64.8 Å². The summed E-state index contributed by atoms with van der Waals surface area (Å²) >= 11 is 0. The van der Waals surface area contributed by atoms with Crippen molar-refractivity contribution >= 4 is 0 Å². The molecule has 3 aliphatic carbocycles. The van der Waals surface area contributed by atoms with E-state index in [1.807, 2.05) is 19.1 Å². The van der Waals surface area contributed by atoms with Crippen molar-refractivity contribution in [3.8, 4) is 0 Å². The van der Waals surface area contributed by atoms with Crippen molar-refractivity contribution in [2.45, 2.75) is 60.8 Å². The number of hydrogen-bond donors (Lipinski definition) is 0. The van der Waals surface area contributed by atoms with E-state index in [-0.39, 0.29) is 23.6 Å². The highest BCUT2D eigenvalue weighted by Crippen LogP contribution is 2.24. The summed E-state index contributed by atoms with van der Waals surface area (Å²) in [5.74, 6) is -0.949. The third-order valence-electron chi connectivity index (χ3n) is 4.81. The molecular weight excluding hydrogens is 381 g/mol. The molecule has 0 saturated carbocycles. The summed E-state index contributed by atoms with van der Waals surface area (Å²) < 4.78 is 38.5. The van der Waals surface area contributed by atoms with E-state index in [4.69, 9.17) is 0 Å². The fourth-order valence-electron chi connectivity index (χ4n) is 2.62. The van der Waals surface area contributed by atoms with E-state index in [9.17, 15) is 13.2 Å². The van der Waals surface area contributed by atoms with Crippen LogP contribution in [-0.4, -0.2) is 0 Å². The molecule has 0 heterocycles. The summed E-state index contributed by atoms with van der Waals surface area (Å²) in [6.45, 7) is 11.2. The van der Waals surface area contributed by atoms with Gasteiger partial charge in [-0.05, 0) is 72.1 Å². The van der Waals surface area contributed by atoms with E-state index in [1.54, 1.807) is 26.0 Å². The smallest absolute Gasteiger partial charge is 0.128 e. The summed E-state index contributed by atoms with van der Waals surface area (Å²) in [5.41, 5.74) is 5.37. The van der Waals surface area contributed by atoms with E-state index in [2.05, 4.69) is 38.2 Å². The van der Waals surface area contributed by atoms with Crippen LogP contribution >= 0.6 is 0 Å². The first-order valence-corrected chi connectivity index (χ1v) is 10.2. The Morgan fingerprint density at radius 3 is 1.63 bits per heavy atom. The van der Waals surface area contributed by atoms with Crippen LogP contribution in [0.25, 0.3) is 0 Å². The van der Waals surface area contributed by atoms with Gasteiger partial charge >= 0.3 is 0 Å². The van der Waals surface area contributed by atoms with Crippen LogP contribution in [0, 0.1) is 0 Å². The fraction of sp³-hybridized carbons (Fsp3) is 0.333. The Bertz CT molecular complexity index is 874. The number of halogens is 3. The van der Waals surface area contributed by atoms with E-state index in [0.717, 1.165) is 29.6 Å². The van der Waals surface area contributed by atoms with Gasteiger partial charge < -0.3 is 0 Å². The van der Waals surface area contributed by atoms with Crippen LogP contribution in [0.5, 0.6) is 0 Å². The summed E-state index contributed by atoms with van der Waals surface area (Å²) in [6, 6.07) is 0. The molecule has 0 N–H and O–H groups in total. The molecule has 0 bridgehead atoms. The maximum atomic E-state index is 12.9. The van der Waals surface area contributed by atoms with E-state index >= 15 is 0 Å². The van der Waals surface area contributed by atoms with Gasteiger partial charge in [0.2, 0.25) is 0 Å². The molecular formula is C27H33F3. The van der Waals surface area contributed by atoms with Crippen LogP contribution in [0.3, 0.4) is 0 Å². The zero-order valence-corrected chi connectivity index (χ0v) is 19.0. The zero-order chi connectivity index (χ0) is 22.7. The van der Waals surface area contributed by atoms with Gasteiger partial charge in [0.1, 0.15) is 17.5 Å². The molecule has 162 valence electrons. The molecule has 3 aliphatic rings. The van der Waals surface area contributed by atoms with Crippen LogP contribution < -0.4 is 0 Å². The third-order valence-corrected chi connectivity index (χ3v) is 4.81. The van der Waals surface area contributed by atoms with Crippen molar-refractivity contribution in [1.29, 1.82) is 0 Å². The molecule has 0 aromatic heterocycles. The highest BCUT2D eigenvalue weighted by atomic mass is 19.1. The Kier molecular flexibility index (Phi) is 11.0. The predicted octanol–water partition coefficient (Wildman–Crippen LogP) is 9.41. The molecule has 0 amide bonds. The molecule has 0 atom stereocenters. The number of allylic oxidation sites excluding steroid dienone is 18. The monoisotopic (exact) mass is 414 g/mol. The van der Waals surface area contributed by atoms with Crippen molar-refractivity contribution in [3.05, 3.63) is 106 Å². The molecule has 3 rings (SSSR count). The lowest BCUT2D eigenvalue weighted by Gasteiger charge is -1.95. The highest BCUT2D eigenvalue weighted by Gasteiger charge is 2.08. The van der Waals surface area contributed by atoms with Crippen LogP contribution in [0.2, 0.25) is 0 Å². The summed E-state index contributed by atoms with van der Waals surface area (Å²) in [4.78, 5) is 0. The number of rotatable bonds is 0. The summed E-state index contributed by atoms with van der Waals surface area (Å²) in [6.07, 6.45) is 19.4. The van der Waals surface area contributed by atoms with Crippen molar-refractivity contribution in [1.82, 2.24) is 0 Å². The van der Waals surface area contributed by atoms with Crippen LogP contribution in [-0.2, 0) is 0 Å². The second-order valence-corrected chi connectivity index (χ2v) is 7.70. The normalized spacial score (nSPS) is 18.9. The second kappa shape index (κ2) is 12.9. The minimum absolute atomic E-state index is 0.105. The molecule has 0 radical (unpaired) electrons. The lowest BCUT2D eigenvalue weighted by molar-refractivity contribution is 0.582. The second-order valence-electron chi connectivity index (χ2n) is 7.70. The zero-order valence-electron chi connectivity index (χ0n) is 19.0. The van der Waals surface area contributed by atoms with Crippen LogP contribution in [0.4, 0.5) is 13.2 Å². The average molecular weight is 415 g/mol. The quantitative estimate of drug-likeness (QED) is 0.370.